The topological polar surface area (TPSA) is 86.1 Å². The lowest BCUT2D eigenvalue weighted by Gasteiger charge is -2.41. The number of likely N-dealkylation sites (tertiary alicyclic amines) is 1. The van der Waals surface area contributed by atoms with Crippen molar-refractivity contribution in [3.05, 3.63) is 36.0 Å². The van der Waals surface area contributed by atoms with Crippen LogP contribution in [-0.2, 0) is 0 Å². The number of rotatable bonds is 13. The van der Waals surface area contributed by atoms with Gasteiger partial charge in [-0.1, -0.05) is 32.6 Å². The van der Waals surface area contributed by atoms with Crippen molar-refractivity contribution in [3.63, 3.8) is 0 Å². The number of pyridine rings is 1. The van der Waals surface area contributed by atoms with Crippen molar-refractivity contribution in [3.8, 4) is 5.75 Å². The maximum Gasteiger partial charge on any atom is 0.119 e. The van der Waals surface area contributed by atoms with Gasteiger partial charge in [-0.15, -0.1) is 0 Å². The molecule has 1 aliphatic heterocycles. The molecular formula is C27H42N2O4. The van der Waals surface area contributed by atoms with Gasteiger partial charge in [0.15, 0.2) is 0 Å². The molecule has 0 radical (unpaired) electrons. The number of piperidine rings is 1. The minimum Gasteiger partial charge on any atom is -0.497 e. The molecular weight excluding hydrogens is 416 g/mol. The molecule has 6 nitrogen and oxygen atoms in total. The minimum absolute atomic E-state index is 0.0425. The summed E-state index contributed by atoms with van der Waals surface area (Å²) >= 11 is 0. The number of aliphatic hydroxyl groups excluding tert-OH is 3. The van der Waals surface area contributed by atoms with Gasteiger partial charge in [0.1, 0.15) is 5.75 Å². The van der Waals surface area contributed by atoms with E-state index in [1.165, 1.54) is 32.1 Å². The lowest BCUT2D eigenvalue weighted by atomic mass is 9.78. The zero-order valence-electron chi connectivity index (χ0n) is 20.3. The lowest BCUT2D eigenvalue weighted by molar-refractivity contribution is -0.0219. The van der Waals surface area contributed by atoms with Gasteiger partial charge in [0.25, 0.3) is 0 Å². The summed E-state index contributed by atoms with van der Waals surface area (Å²) in [7, 11) is 1.64. The molecule has 0 bridgehead atoms. The van der Waals surface area contributed by atoms with Crippen LogP contribution in [0.25, 0.3) is 10.9 Å². The Bertz CT molecular complexity index is 846. The van der Waals surface area contributed by atoms with Gasteiger partial charge >= 0.3 is 0 Å². The van der Waals surface area contributed by atoms with Crippen LogP contribution in [0.1, 0.15) is 70.0 Å². The van der Waals surface area contributed by atoms with Gasteiger partial charge in [-0.3, -0.25) is 4.98 Å². The second-order valence-corrected chi connectivity index (χ2v) is 9.55. The molecule has 4 atom stereocenters. The van der Waals surface area contributed by atoms with Crippen LogP contribution < -0.4 is 4.74 Å². The van der Waals surface area contributed by atoms with Crippen molar-refractivity contribution < 1.29 is 20.1 Å². The molecule has 1 aliphatic rings. The smallest absolute Gasteiger partial charge is 0.119 e. The van der Waals surface area contributed by atoms with Crippen molar-refractivity contribution >= 4 is 10.9 Å². The molecule has 0 amide bonds. The fourth-order valence-electron chi connectivity index (χ4n) is 5.26. The maximum absolute atomic E-state index is 11.0. The Labute approximate surface area is 198 Å². The van der Waals surface area contributed by atoms with Crippen LogP contribution in [0, 0.1) is 11.8 Å². The molecule has 0 aliphatic carbocycles. The number of fused-ring (bicyclic) bond motifs is 1. The van der Waals surface area contributed by atoms with Crippen molar-refractivity contribution in [1.82, 2.24) is 9.88 Å². The molecule has 6 heteroatoms. The molecule has 1 fully saturated rings. The van der Waals surface area contributed by atoms with E-state index in [9.17, 15) is 15.3 Å². The van der Waals surface area contributed by atoms with Gasteiger partial charge in [0, 0.05) is 24.0 Å². The summed E-state index contributed by atoms with van der Waals surface area (Å²) in [5.74, 6) is 1.08. The zero-order chi connectivity index (χ0) is 23.6. The number of ether oxygens (including phenoxy) is 1. The fraction of sp³-hybridized carbons (Fsp3) is 0.667. The number of unbranched alkanes of at least 4 members (excludes halogenated alkanes) is 4. The van der Waals surface area contributed by atoms with Gasteiger partial charge < -0.3 is 25.0 Å². The lowest BCUT2D eigenvalue weighted by Crippen LogP contribution is -2.46. The molecule has 1 saturated heterocycles. The summed E-state index contributed by atoms with van der Waals surface area (Å²) in [6, 6.07) is 7.60. The third-order valence-electron chi connectivity index (χ3n) is 7.30. The van der Waals surface area contributed by atoms with Crippen molar-refractivity contribution in [1.29, 1.82) is 0 Å². The van der Waals surface area contributed by atoms with Gasteiger partial charge in [-0.25, -0.2) is 0 Å². The predicted octanol–water partition coefficient (Wildman–Crippen LogP) is 4.32. The Hall–Kier alpha value is -1.73. The SMILES string of the molecule is CCCCCCCN1CC[C@@H](CCC(O)c2ccnc3ccc(OC)cc23)[C@@H](C(O)CO)C1. The predicted molar refractivity (Wildman–Crippen MR) is 132 cm³/mol. The van der Waals surface area contributed by atoms with Gasteiger partial charge in [-0.2, -0.15) is 0 Å². The van der Waals surface area contributed by atoms with Crippen LogP contribution >= 0.6 is 0 Å². The standard InChI is InChI=1S/C27H42N2O4/c1-3-4-5-6-7-15-29-16-13-20(24(18-29)27(32)19-30)8-11-26(31)22-12-14-28-25-10-9-21(33-2)17-23(22)25/h9-10,12,14,17,20,24,26-27,30-32H,3-8,11,13,15-16,18-19H2,1-2H3/t20-,24+,26?,27?/m1/s1. The molecule has 2 heterocycles. The Morgan fingerprint density at radius 3 is 2.73 bits per heavy atom. The Morgan fingerprint density at radius 1 is 1.15 bits per heavy atom. The maximum atomic E-state index is 11.0. The van der Waals surface area contributed by atoms with E-state index in [0.29, 0.717) is 12.3 Å². The van der Waals surface area contributed by atoms with Crippen molar-refractivity contribution in [2.45, 2.75) is 70.5 Å². The van der Waals surface area contributed by atoms with Gasteiger partial charge in [-0.05, 0) is 74.5 Å². The van der Waals surface area contributed by atoms with E-state index in [0.717, 1.165) is 54.7 Å². The van der Waals surface area contributed by atoms with E-state index in [1.807, 2.05) is 24.3 Å². The highest BCUT2D eigenvalue weighted by atomic mass is 16.5. The highest BCUT2D eigenvalue weighted by Gasteiger charge is 2.34. The number of aromatic nitrogens is 1. The van der Waals surface area contributed by atoms with Crippen LogP contribution in [0.5, 0.6) is 5.75 Å². The Balaban J connectivity index is 1.60. The first-order chi connectivity index (χ1) is 16.1. The minimum atomic E-state index is -0.707. The third-order valence-corrected chi connectivity index (χ3v) is 7.30. The third kappa shape index (κ3) is 7.12. The molecule has 3 rings (SSSR count). The van der Waals surface area contributed by atoms with Gasteiger partial charge in [0.2, 0.25) is 0 Å². The van der Waals surface area contributed by atoms with Crippen LogP contribution in [0.2, 0.25) is 0 Å². The molecule has 2 aromatic rings. The van der Waals surface area contributed by atoms with E-state index < -0.39 is 12.2 Å². The van der Waals surface area contributed by atoms with Gasteiger partial charge in [0.05, 0.1) is 31.4 Å². The van der Waals surface area contributed by atoms with E-state index in [1.54, 1.807) is 13.3 Å². The second-order valence-electron chi connectivity index (χ2n) is 9.55. The van der Waals surface area contributed by atoms with Crippen LogP contribution in [0.15, 0.2) is 30.5 Å². The van der Waals surface area contributed by atoms with Crippen LogP contribution in [-0.4, -0.2) is 64.7 Å². The number of aliphatic hydroxyl groups is 3. The quantitative estimate of drug-likeness (QED) is 0.388. The number of hydrogen-bond donors (Lipinski definition) is 3. The van der Waals surface area contributed by atoms with E-state index in [4.69, 9.17) is 4.74 Å². The number of hydrogen-bond acceptors (Lipinski definition) is 6. The molecule has 2 unspecified atom stereocenters. The number of benzene rings is 1. The Kier molecular flexibility index (Phi) is 10.4. The number of methoxy groups -OCH3 is 1. The van der Waals surface area contributed by atoms with Crippen LogP contribution in [0.3, 0.4) is 0 Å². The first-order valence-electron chi connectivity index (χ1n) is 12.7. The van der Waals surface area contributed by atoms with Crippen molar-refractivity contribution in [2.24, 2.45) is 11.8 Å². The van der Waals surface area contributed by atoms with E-state index in [-0.39, 0.29) is 12.5 Å². The second kappa shape index (κ2) is 13.2. The van der Waals surface area contributed by atoms with E-state index in [2.05, 4.69) is 16.8 Å². The van der Waals surface area contributed by atoms with Crippen molar-refractivity contribution in [2.75, 3.05) is 33.4 Å². The average molecular weight is 459 g/mol. The molecule has 184 valence electrons. The monoisotopic (exact) mass is 458 g/mol. The number of nitrogens with zero attached hydrogens (tertiary/aromatic N) is 2. The molecule has 0 saturated carbocycles. The van der Waals surface area contributed by atoms with Crippen LogP contribution in [0.4, 0.5) is 0 Å². The molecule has 33 heavy (non-hydrogen) atoms. The average Bonchev–Trinajstić information content (AvgIpc) is 2.86. The highest BCUT2D eigenvalue weighted by molar-refractivity contribution is 5.83. The summed E-state index contributed by atoms with van der Waals surface area (Å²) in [6.07, 6.45) is 9.17. The fourth-order valence-corrected chi connectivity index (χ4v) is 5.26. The largest absolute Gasteiger partial charge is 0.497 e. The molecule has 3 N–H and O–H groups in total. The summed E-state index contributed by atoms with van der Waals surface area (Å²) in [5, 5.41) is 32.1. The molecule has 1 aromatic heterocycles. The normalized spacial score (nSPS) is 21.2. The Morgan fingerprint density at radius 2 is 1.97 bits per heavy atom. The molecule has 1 aromatic carbocycles. The summed E-state index contributed by atoms with van der Waals surface area (Å²) < 4.78 is 5.36. The molecule has 0 spiro atoms. The first kappa shape index (κ1) is 25.9. The zero-order valence-corrected chi connectivity index (χ0v) is 20.3. The first-order valence-corrected chi connectivity index (χ1v) is 12.7. The summed E-state index contributed by atoms with van der Waals surface area (Å²) in [5.41, 5.74) is 1.70. The highest BCUT2D eigenvalue weighted by Crippen LogP contribution is 2.35. The van der Waals surface area contributed by atoms with E-state index >= 15 is 0 Å². The summed E-state index contributed by atoms with van der Waals surface area (Å²) in [6.45, 7) is 4.95. The summed E-state index contributed by atoms with van der Waals surface area (Å²) in [4.78, 5) is 6.86.